The summed E-state index contributed by atoms with van der Waals surface area (Å²) < 4.78 is 22.2. The van der Waals surface area contributed by atoms with Crippen LogP contribution in [0.25, 0.3) is 0 Å². The van der Waals surface area contributed by atoms with Gasteiger partial charge in [-0.3, -0.25) is 4.90 Å². The maximum Gasteiger partial charge on any atom is 0.152 e. The van der Waals surface area contributed by atoms with E-state index >= 15 is 0 Å². The van der Waals surface area contributed by atoms with Crippen molar-refractivity contribution in [2.75, 3.05) is 31.1 Å². The van der Waals surface area contributed by atoms with Crippen LogP contribution in [0.2, 0.25) is 0 Å². The summed E-state index contributed by atoms with van der Waals surface area (Å²) in [6, 6.07) is 0. The van der Waals surface area contributed by atoms with E-state index in [1.54, 1.807) is 0 Å². The summed E-state index contributed by atoms with van der Waals surface area (Å²) in [4.78, 5) is 2.09. The molecule has 4 heteroatoms. The number of rotatable bonds is 1. The Labute approximate surface area is 86.4 Å². The summed E-state index contributed by atoms with van der Waals surface area (Å²) in [5.74, 6) is 7.10. The van der Waals surface area contributed by atoms with Gasteiger partial charge < -0.3 is 0 Å². The van der Waals surface area contributed by atoms with Gasteiger partial charge in [-0.25, -0.2) is 8.42 Å². The van der Waals surface area contributed by atoms with E-state index in [9.17, 15) is 8.42 Å². The molecule has 0 bridgehead atoms. The summed E-state index contributed by atoms with van der Waals surface area (Å²) in [6.07, 6.45) is 0. The second kappa shape index (κ2) is 4.81. The molecule has 1 heterocycles. The minimum absolute atomic E-state index is 0.288. The fraction of sp³-hybridized carbons (Fsp3) is 0.800. The lowest BCUT2D eigenvalue weighted by Gasteiger charge is -2.24. The van der Waals surface area contributed by atoms with Crippen molar-refractivity contribution in [1.82, 2.24) is 4.90 Å². The first-order valence-electron chi connectivity index (χ1n) is 4.91. The molecule has 1 rings (SSSR count). The third-order valence-electron chi connectivity index (χ3n) is 2.13. The molecule has 0 aromatic heterocycles. The van der Waals surface area contributed by atoms with Gasteiger partial charge in [0, 0.05) is 19.0 Å². The molecule has 1 aliphatic heterocycles. The minimum atomic E-state index is -2.75. The average molecular weight is 215 g/mol. The second-order valence-corrected chi connectivity index (χ2v) is 6.21. The molecule has 0 aromatic rings. The first-order valence-corrected chi connectivity index (χ1v) is 6.73. The topological polar surface area (TPSA) is 37.4 Å². The van der Waals surface area contributed by atoms with Crippen LogP contribution in [0, 0.1) is 17.8 Å². The third kappa shape index (κ3) is 4.12. The normalized spacial score (nSPS) is 21.6. The van der Waals surface area contributed by atoms with Crippen molar-refractivity contribution in [3.8, 4) is 11.8 Å². The Balaban J connectivity index is 2.34. The summed E-state index contributed by atoms with van der Waals surface area (Å²) in [7, 11) is -2.75. The molecule has 0 amide bonds. The van der Waals surface area contributed by atoms with Crippen LogP contribution >= 0.6 is 0 Å². The fourth-order valence-electron chi connectivity index (χ4n) is 1.27. The summed E-state index contributed by atoms with van der Waals surface area (Å²) >= 11 is 0. The molecule has 0 N–H and O–H groups in total. The lowest BCUT2D eigenvalue weighted by atomic mass is 10.2. The molecule has 1 saturated heterocycles. The molecular weight excluding hydrogens is 198 g/mol. The van der Waals surface area contributed by atoms with E-state index in [-0.39, 0.29) is 11.5 Å². The number of sulfone groups is 1. The van der Waals surface area contributed by atoms with Crippen LogP contribution in [0.1, 0.15) is 13.8 Å². The first-order chi connectivity index (χ1) is 6.49. The van der Waals surface area contributed by atoms with E-state index in [2.05, 4.69) is 16.7 Å². The van der Waals surface area contributed by atoms with Crippen molar-refractivity contribution < 1.29 is 8.42 Å². The van der Waals surface area contributed by atoms with Crippen molar-refractivity contribution in [3.05, 3.63) is 0 Å². The van der Waals surface area contributed by atoms with Gasteiger partial charge in [0.25, 0.3) is 0 Å². The van der Waals surface area contributed by atoms with Gasteiger partial charge >= 0.3 is 0 Å². The summed E-state index contributed by atoms with van der Waals surface area (Å²) in [5, 5.41) is 0. The number of hydrogen-bond donors (Lipinski definition) is 0. The van der Waals surface area contributed by atoms with Crippen LogP contribution in [0.5, 0.6) is 0 Å². The Morgan fingerprint density at radius 3 is 2.36 bits per heavy atom. The van der Waals surface area contributed by atoms with Gasteiger partial charge in [0.1, 0.15) is 0 Å². The van der Waals surface area contributed by atoms with E-state index < -0.39 is 9.84 Å². The molecule has 3 nitrogen and oxygen atoms in total. The molecule has 0 radical (unpaired) electrons. The van der Waals surface area contributed by atoms with Gasteiger partial charge in [-0.15, -0.1) is 0 Å². The highest BCUT2D eigenvalue weighted by Crippen LogP contribution is 2.02. The van der Waals surface area contributed by atoms with Crippen molar-refractivity contribution >= 4 is 9.84 Å². The lowest BCUT2D eigenvalue weighted by Crippen LogP contribution is -2.40. The second-order valence-electron chi connectivity index (χ2n) is 3.90. The number of nitrogens with zero attached hydrogens (tertiary/aromatic N) is 1. The Morgan fingerprint density at radius 1 is 1.29 bits per heavy atom. The van der Waals surface area contributed by atoms with Gasteiger partial charge in [-0.1, -0.05) is 25.7 Å². The molecule has 0 atom stereocenters. The van der Waals surface area contributed by atoms with Crippen LogP contribution < -0.4 is 0 Å². The zero-order valence-corrected chi connectivity index (χ0v) is 9.60. The maximum atomic E-state index is 11.1. The molecule has 80 valence electrons. The predicted molar refractivity (Wildman–Crippen MR) is 57.7 cm³/mol. The highest BCUT2D eigenvalue weighted by atomic mass is 32.2. The molecule has 0 aliphatic carbocycles. The van der Waals surface area contributed by atoms with E-state index in [1.807, 2.05) is 13.8 Å². The summed E-state index contributed by atoms with van der Waals surface area (Å²) in [5.41, 5.74) is 0. The van der Waals surface area contributed by atoms with Gasteiger partial charge in [0.05, 0.1) is 18.1 Å². The Morgan fingerprint density at radius 2 is 1.86 bits per heavy atom. The fourth-order valence-corrected chi connectivity index (χ4v) is 2.55. The van der Waals surface area contributed by atoms with Gasteiger partial charge in [-0.05, 0) is 0 Å². The third-order valence-corrected chi connectivity index (χ3v) is 3.74. The molecular formula is C10H17NO2S. The van der Waals surface area contributed by atoms with Crippen molar-refractivity contribution in [2.24, 2.45) is 5.92 Å². The predicted octanol–water partition coefficient (Wildman–Crippen LogP) is 0.376. The van der Waals surface area contributed by atoms with Gasteiger partial charge in [0.2, 0.25) is 0 Å². The zero-order chi connectivity index (χ0) is 10.6. The van der Waals surface area contributed by atoms with Crippen LogP contribution in [-0.2, 0) is 9.84 Å². The molecule has 0 spiro atoms. The Hall–Kier alpha value is -0.530. The largest absolute Gasteiger partial charge is 0.290 e. The lowest BCUT2D eigenvalue weighted by molar-refractivity contribution is 0.331. The van der Waals surface area contributed by atoms with Gasteiger partial charge in [-0.2, -0.15) is 0 Å². The molecule has 0 unspecified atom stereocenters. The highest BCUT2D eigenvalue weighted by Gasteiger charge is 2.20. The molecule has 0 saturated carbocycles. The van der Waals surface area contributed by atoms with E-state index in [0.717, 1.165) is 0 Å². The van der Waals surface area contributed by atoms with E-state index in [1.165, 1.54) is 0 Å². The molecule has 1 aliphatic rings. The zero-order valence-electron chi connectivity index (χ0n) is 8.78. The van der Waals surface area contributed by atoms with Crippen molar-refractivity contribution in [3.63, 3.8) is 0 Å². The van der Waals surface area contributed by atoms with Crippen LogP contribution in [0.4, 0.5) is 0 Å². The summed E-state index contributed by atoms with van der Waals surface area (Å²) in [6.45, 7) is 6.07. The quantitative estimate of drug-likeness (QED) is 0.593. The monoisotopic (exact) mass is 215 g/mol. The van der Waals surface area contributed by atoms with Gasteiger partial charge in [0.15, 0.2) is 9.84 Å². The van der Waals surface area contributed by atoms with Crippen LogP contribution in [-0.4, -0.2) is 44.5 Å². The Kier molecular flexibility index (Phi) is 3.97. The SMILES string of the molecule is CC(C)C#CCN1CCS(=O)(=O)CC1. The van der Waals surface area contributed by atoms with E-state index in [0.29, 0.717) is 25.6 Å². The molecule has 14 heavy (non-hydrogen) atoms. The van der Waals surface area contributed by atoms with Crippen LogP contribution in [0.15, 0.2) is 0 Å². The smallest absolute Gasteiger partial charge is 0.152 e. The van der Waals surface area contributed by atoms with E-state index in [4.69, 9.17) is 0 Å². The van der Waals surface area contributed by atoms with Crippen molar-refractivity contribution in [2.45, 2.75) is 13.8 Å². The standard InChI is InChI=1S/C10H17NO2S/c1-10(2)4-3-5-11-6-8-14(12,13)9-7-11/h10H,5-9H2,1-2H3. The van der Waals surface area contributed by atoms with Crippen molar-refractivity contribution in [1.29, 1.82) is 0 Å². The molecule has 0 aromatic carbocycles. The Bertz CT molecular complexity index is 321. The molecule has 1 fully saturated rings. The first kappa shape index (κ1) is 11.5. The highest BCUT2D eigenvalue weighted by molar-refractivity contribution is 7.91. The maximum absolute atomic E-state index is 11.1. The van der Waals surface area contributed by atoms with Crippen LogP contribution in [0.3, 0.4) is 0 Å². The average Bonchev–Trinajstić information content (AvgIpc) is 2.07. The number of hydrogen-bond acceptors (Lipinski definition) is 3. The minimum Gasteiger partial charge on any atom is -0.290 e.